The van der Waals surface area contributed by atoms with Crippen LogP contribution in [0.25, 0.3) is 117 Å². The molecule has 348 valence electrons. The Kier molecular flexibility index (Phi) is 12.3. The highest BCUT2D eigenvalue weighted by Crippen LogP contribution is 2.62. The van der Waals surface area contributed by atoms with Crippen molar-refractivity contribution in [3.8, 4) is 66.9 Å². The largest absolute Gasteiger partial charge is 0.309 e. The molecule has 2 nitrogen and oxygen atoms in total. The summed E-state index contributed by atoms with van der Waals surface area (Å²) in [6.07, 6.45) is 27.5. The van der Waals surface area contributed by atoms with Gasteiger partial charge in [-0.15, -0.1) is 0 Å². The first-order valence-electron chi connectivity index (χ1n) is 24.9. The third-order valence-corrected chi connectivity index (χ3v) is 14.5. The summed E-state index contributed by atoms with van der Waals surface area (Å²) in [6, 6.07) is 53.2. The van der Waals surface area contributed by atoms with Crippen molar-refractivity contribution < 1.29 is 0 Å². The fraction of sp³-hybridized carbons (Fsp3) is 0.0423. The van der Waals surface area contributed by atoms with Gasteiger partial charge in [0.05, 0.1) is 5.69 Å². The average Bonchev–Trinajstić information content (AvgIpc) is 3.92. The van der Waals surface area contributed by atoms with E-state index in [-0.39, 0.29) is 0 Å². The van der Waals surface area contributed by atoms with Gasteiger partial charge in [0.2, 0.25) is 0 Å². The van der Waals surface area contributed by atoms with Crippen LogP contribution in [-0.2, 0) is 0 Å². The maximum Gasteiger partial charge on any atom is 0.0714 e. The first-order chi connectivity index (χ1) is 35.9. The van der Waals surface area contributed by atoms with Crippen LogP contribution in [0, 0.1) is 12.3 Å². The third kappa shape index (κ3) is 7.85. The second-order valence-electron chi connectivity index (χ2n) is 18.6. The number of fused-ring (bicyclic) bond motifs is 9. The van der Waals surface area contributed by atoms with Gasteiger partial charge in [-0.1, -0.05) is 202 Å². The summed E-state index contributed by atoms with van der Waals surface area (Å²) >= 11 is 0. The Labute approximate surface area is 429 Å². The molecule has 0 fully saturated rings. The van der Waals surface area contributed by atoms with E-state index in [9.17, 15) is 0 Å². The van der Waals surface area contributed by atoms with E-state index in [0.717, 1.165) is 77.7 Å². The lowest BCUT2D eigenvalue weighted by Gasteiger charge is -2.20. The van der Waals surface area contributed by atoms with Crippen LogP contribution in [0.1, 0.15) is 58.4 Å². The van der Waals surface area contributed by atoms with Crippen molar-refractivity contribution in [2.24, 2.45) is 0 Å². The predicted octanol–water partition coefficient (Wildman–Crippen LogP) is 19.4. The minimum Gasteiger partial charge on any atom is -0.309 e. The number of pyridine rings is 1. The number of aromatic nitrogens is 1. The molecule has 1 N–H and O–H groups in total. The molecule has 0 saturated carbocycles. The Bertz CT molecular complexity index is 3980. The van der Waals surface area contributed by atoms with Gasteiger partial charge in [0, 0.05) is 23.5 Å². The fourth-order valence-electron chi connectivity index (χ4n) is 11.3. The molecule has 0 unspecified atom stereocenters. The van der Waals surface area contributed by atoms with E-state index >= 15 is 0 Å². The third-order valence-electron chi connectivity index (χ3n) is 14.5. The zero-order valence-electron chi connectivity index (χ0n) is 41.5. The molecule has 0 aliphatic heterocycles. The van der Waals surface area contributed by atoms with Crippen molar-refractivity contribution in [3.63, 3.8) is 0 Å². The zero-order chi connectivity index (χ0) is 50.2. The van der Waals surface area contributed by atoms with Crippen LogP contribution in [0.4, 0.5) is 0 Å². The van der Waals surface area contributed by atoms with Crippen LogP contribution >= 0.6 is 0 Å². The monoisotopic (exact) mass is 934 g/mol. The topological polar surface area (TPSA) is 36.7 Å². The van der Waals surface area contributed by atoms with Crippen molar-refractivity contribution in [1.82, 2.24) is 4.98 Å². The Balaban J connectivity index is 1.26. The second-order valence-corrected chi connectivity index (χ2v) is 18.6. The van der Waals surface area contributed by atoms with Gasteiger partial charge in [-0.3, -0.25) is 4.98 Å². The lowest BCUT2D eigenvalue weighted by atomic mass is 9.82. The summed E-state index contributed by atoms with van der Waals surface area (Å²) in [4.78, 5) is 5.09. The molecule has 2 heteroatoms. The Morgan fingerprint density at radius 3 is 1.92 bits per heavy atom. The normalized spacial score (nSPS) is 13.5. The molecule has 9 aromatic rings. The minimum absolute atomic E-state index is 0.933. The molecule has 0 saturated heterocycles. The summed E-state index contributed by atoms with van der Waals surface area (Å²) in [5.41, 5.74) is 26.2. The zero-order valence-corrected chi connectivity index (χ0v) is 41.5. The number of hydrogen-bond donors (Lipinski definition) is 1. The fourth-order valence-corrected chi connectivity index (χ4v) is 11.3. The number of aryl methyl sites for hydroxylation is 1. The molecule has 1 aromatic heterocycles. The lowest BCUT2D eigenvalue weighted by Crippen LogP contribution is -1.97. The van der Waals surface area contributed by atoms with Crippen molar-refractivity contribution in [2.45, 2.75) is 20.8 Å². The SMILES string of the molecule is C=C/C=C\C=C(/C)c1cccc(-c2c3c(c(-c4ccccn4)c4ccccc24)-c2ccc4c(c2/C3=C\C)C(=C)c2c-4c(-c3cccc(-c4ccccc4)c3)c3cc(C)c(/C=C\C=C)cc3c2/C=C/C=C\C=N)c1. The average molecular weight is 935 g/mol. The number of allylic oxidation sites excluding steroid dienone is 11. The minimum atomic E-state index is 0.933. The van der Waals surface area contributed by atoms with E-state index in [0.29, 0.717) is 0 Å². The molecule has 2 aliphatic carbocycles. The van der Waals surface area contributed by atoms with Crippen molar-refractivity contribution in [2.75, 3.05) is 0 Å². The molecule has 73 heavy (non-hydrogen) atoms. The Morgan fingerprint density at radius 1 is 0.507 bits per heavy atom. The number of hydrogen-bond acceptors (Lipinski definition) is 2. The van der Waals surface area contributed by atoms with Gasteiger partial charge in [0.15, 0.2) is 0 Å². The van der Waals surface area contributed by atoms with Crippen LogP contribution < -0.4 is 0 Å². The Morgan fingerprint density at radius 2 is 1.18 bits per heavy atom. The van der Waals surface area contributed by atoms with Gasteiger partial charge >= 0.3 is 0 Å². The molecular weight excluding hydrogens is 881 g/mol. The second kappa shape index (κ2) is 19.5. The standard InChI is InChI=1S/C71H54N2/c1-7-10-14-25-45(4)49-29-23-31-52(42-49)65-55-34-18-19-35-56(55)68(62-36-20-22-40-73-62)71-59-38-37-58-64(67(59)54(9-3)69(65)71)47(6)63-57(33-17-13-21-39-72)60-44-50(26-11-8-2)46(5)41-61(60)66(70(58)63)53-32-24-30-51(43-53)48-27-15-12-16-28-48/h7-44,72H,1-2,6H2,3-5H3/b14-10-,21-13-,26-11-,33-17+,45-25+,54-9+,72-39?. The van der Waals surface area contributed by atoms with Crippen molar-refractivity contribution in [1.29, 1.82) is 5.41 Å². The van der Waals surface area contributed by atoms with Crippen molar-refractivity contribution >= 4 is 56.6 Å². The highest BCUT2D eigenvalue weighted by molar-refractivity contribution is 6.26. The quantitative estimate of drug-likeness (QED) is 0.0962. The molecule has 11 rings (SSSR count). The Hall–Kier alpha value is -9.24. The van der Waals surface area contributed by atoms with Crippen LogP contribution in [0.15, 0.2) is 232 Å². The number of nitrogens with one attached hydrogen (secondary N) is 1. The highest BCUT2D eigenvalue weighted by atomic mass is 14.7. The summed E-state index contributed by atoms with van der Waals surface area (Å²) in [7, 11) is 0. The van der Waals surface area contributed by atoms with E-state index in [2.05, 4.69) is 204 Å². The van der Waals surface area contributed by atoms with Crippen molar-refractivity contribution in [3.05, 3.63) is 277 Å². The van der Waals surface area contributed by atoms with Crippen LogP contribution in [0.3, 0.4) is 0 Å². The molecule has 0 radical (unpaired) electrons. The number of nitrogens with zero attached hydrogens (tertiary/aromatic N) is 1. The summed E-state index contributed by atoms with van der Waals surface area (Å²) in [5.74, 6) is 0. The van der Waals surface area contributed by atoms with Crippen LogP contribution in [0.2, 0.25) is 0 Å². The molecular formula is C71H54N2. The molecule has 0 spiro atoms. The van der Waals surface area contributed by atoms with Gasteiger partial charge in [0.25, 0.3) is 0 Å². The van der Waals surface area contributed by atoms with Gasteiger partial charge in [-0.05, 0) is 190 Å². The summed E-state index contributed by atoms with van der Waals surface area (Å²) in [5, 5.41) is 12.4. The van der Waals surface area contributed by atoms with E-state index in [1.807, 2.05) is 42.6 Å². The summed E-state index contributed by atoms with van der Waals surface area (Å²) in [6.45, 7) is 19.6. The van der Waals surface area contributed by atoms with Crippen LogP contribution in [-0.4, -0.2) is 11.2 Å². The van der Waals surface area contributed by atoms with E-state index in [4.69, 9.17) is 17.0 Å². The van der Waals surface area contributed by atoms with E-state index in [1.54, 1.807) is 12.2 Å². The maximum atomic E-state index is 7.80. The smallest absolute Gasteiger partial charge is 0.0714 e. The lowest BCUT2D eigenvalue weighted by molar-refractivity contribution is 1.33. The van der Waals surface area contributed by atoms with E-state index < -0.39 is 0 Å². The number of rotatable bonds is 12. The van der Waals surface area contributed by atoms with Crippen LogP contribution in [0.5, 0.6) is 0 Å². The van der Waals surface area contributed by atoms with Gasteiger partial charge in [0.1, 0.15) is 0 Å². The summed E-state index contributed by atoms with van der Waals surface area (Å²) < 4.78 is 0. The maximum absolute atomic E-state index is 7.80. The molecule has 0 bridgehead atoms. The predicted molar refractivity (Wildman–Crippen MR) is 317 cm³/mol. The molecule has 0 atom stereocenters. The molecule has 0 amide bonds. The molecule has 8 aromatic carbocycles. The van der Waals surface area contributed by atoms with Gasteiger partial charge in [-0.2, -0.15) is 0 Å². The molecule has 1 heterocycles. The number of benzene rings is 8. The highest BCUT2D eigenvalue weighted by Gasteiger charge is 2.39. The van der Waals surface area contributed by atoms with E-state index in [1.165, 1.54) is 78.2 Å². The van der Waals surface area contributed by atoms with Gasteiger partial charge in [-0.25, -0.2) is 0 Å². The first-order valence-corrected chi connectivity index (χ1v) is 24.9. The van der Waals surface area contributed by atoms with Gasteiger partial charge < -0.3 is 5.41 Å². The molecule has 2 aliphatic rings. The first kappa shape index (κ1) is 46.2.